The SMILES string of the molecule is Cc1cc(Nc2cc(Cl)ccc2Cl)nc(Nc2cccc3cccnc23)n1. The van der Waals surface area contributed by atoms with Crippen molar-refractivity contribution in [2.24, 2.45) is 0 Å². The number of halogens is 2. The van der Waals surface area contributed by atoms with Gasteiger partial charge in [0.1, 0.15) is 5.82 Å². The first-order chi connectivity index (χ1) is 13.1. The van der Waals surface area contributed by atoms with Gasteiger partial charge in [0, 0.05) is 28.4 Å². The van der Waals surface area contributed by atoms with E-state index in [9.17, 15) is 0 Å². The summed E-state index contributed by atoms with van der Waals surface area (Å²) in [4.78, 5) is 13.5. The van der Waals surface area contributed by atoms with E-state index in [0.717, 1.165) is 22.3 Å². The molecule has 4 rings (SSSR count). The number of anilines is 4. The number of pyridine rings is 1. The summed E-state index contributed by atoms with van der Waals surface area (Å²) >= 11 is 12.3. The van der Waals surface area contributed by atoms with Gasteiger partial charge >= 0.3 is 0 Å². The Bertz CT molecular complexity index is 1130. The molecular formula is C20H15Cl2N5. The molecule has 0 aliphatic carbocycles. The molecule has 0 saturated heterocycles. The first-order valence-corrected chi connectivity index (χ1v) is 9.02. The molecule has 27 heavy (non-hydrogen) atoms. The summed E-state index contributed by atoms with van der Waals surface area (Å²) in [5.74, 6) is 1.08. The molecule has 4 aromatic rings. The minimum atomic E-state index is 0.466. The third-order valence-corrected chi connectivity index (χ3v) is 4.49. The fourth-order valence-electron chi connectivity index (χ4n) is 2.75. The van der Waals surface area contributed by atoms with Gasteiger partial charge in [0.05, 0.1) is 21.9 Å². The average Bonchev–Trinajstić information content (AvgIpc) is 2.65. The molecule has 0 radical (unpaired) electrons. The van der Waals surface area contributed by atoms with Crippen LogP contribution in [0.1, 0.15) is 5.69 Å². The Balaban J connectivity index is 1.67. The number of aromatic nitrogens is 3. The zero-order chi connectivity index (χ0) is 18.8. The van der Waals surface area contributed by atoms with Crippen molar-refractivity contribution in [2.75, 3.05) is 10.6 Å². The second kappa shape index (κ2) is 7.39. The van der Waals surface area contributed by atoms with E-state index in [-0.39, 0.29) is 0 Å². The van der Waals surface area contributed by atoms with E-state index >= 15 is 0 Å². The topological polar surface area (TPSA) is 62.7 Å². The first kappa shape index (κ1) is 17.5. The largest absolute Gasteiger partial charge is 0.339 e. The Morgan fingerprint density at radius 1 is 0.852 bits per heavy atom. The Morgan fingerprint density at radius 3 is 2.59 bits per heavy atom. The summed E-state index contributed by atoms with van der Waals surface area (Å²) in [6.45, 7) is 1.90. The van der Waals surface area contributed by atoms with Crippen molar-refractivity contribution in [3.8, 4) is 0 Å². The molecule has 0 fully saturated rings. The van der Waals surface area contributed by atoms with Gasteiger partial charge in [-0.05, 0) is 37.3 Å². The highest BCUT2D eigenvalue weighted by Gasteiger charge is 2.08. The average molecular weight is 396 g/mol. The number of benzene rings is 2. The monoisotopic (exact) mass is 395 g/mol. The molecule has 2 aromatic heterocycles. The molecule has 0 atom stereocenters. The number of aryl methyl sites for hydroxylation is 1. The van der Waals surface area contributed by atoms with Gasteiger partial charge in [0.2, 0.25) is 5.95 Å². The van der Waals surface area contributed by atoms with Gasteiger partial charge in [-0.1, -0.05) is 41.4 Å². The summed E-state index contributed by atoms with van der Waals surface area (Å²) in [7, 11) is 0. The van der Waals surface area contributed by atoms with E-state index in [1.54, 1.807) is 24.4 Å². The molecule has 0 aliphatic heterocycles. The van der Waals surface area contributed by atoms with Crippen LogP contribution in [0.15, 0.2) is 60.8 Å². The van der Waals surface area contributed by atoms with Crippen LogP contribution in [0.4, 0.5) is 23.1 Å². The third-order valence-electron chi connectivity index (χ3n) is 3.92. The Morgan fingerprint density at radius 2 is 1.70 bits per heavy atom. The highest BCUT2D eigenvalue weighted by atomic mass is 35.5. The standard InChI is InChI=1S/C20H15Cl2N5/c1-12-10-18(25-17-11-14(21)7-8-15(17)22)27-20(24-12)26-16-6-2-4-13-5-3-9-23-19(13)16/h2-11H,1H3,(H2,24,25,26,27). The van der Waals surface area contributed by atoms with Gasteiger partial charge in [-0.3, -0.25) is 4.98 Å². The van der Waals surface area contributed by atoms with Gasteiger partial charge in [-0.25, -0.2) is 4.98 Å². The fourth-order valence-corrected chi connectivity index (χ4v) is 3.08. The first-order valence-electron chi connectivity index (χ1n) is 8.27. The quantitative estimate of drug-likeness (QED) is 0.435. The van der Waals surface area contributed by atoms with Gasteiger partial charge in [-0.15, -0.1) is 0 Å². The molecule has 5 nitrogen and oxygen atoms in total. The van der Waals surface area contributed by atoms with Crippen LogP contribution in [0.25, 0.3) is 10.9 Å². The normalized spacial score (nSPS) is 10.8. The van der Waals surface area contributed by atoms with E-state index in [1.807, 2.05) is 43.3 Å². The van der Waals surface area contributed by atoms with Gasteiger partial charge < -0.3 is 10.6 Å². The van der Waals surface area contributed by atoms with Crippen molar-refractivity contribution in [1.29, 1.82) is 0 Å². The van der Waals surface area contributed by atoms with Crippen molar-refractivity contribution in [2.45, 2.75) is 6.92 Å². The van der Waals surface area contributed by atoms with E-state index < -0.39 is 0 Å². The molecule has 2 aromatic carbocycles. The minimum Gasteiger partial charge on any atom is -0.339 e. The van der Waals surface area contributed by atoms with Gasteiger partial charge in [0.25, 0.3) is 0 Å². The molecule has 0 spiro atoms. The maximum atomic E-state index is 6.23. The molecule has 134 valence electrons. The number of nitrogens with one attached hydrogen (secondary N) is 2. The summed E-state index contributed by atoms with van der Waals surface area (Å²) in [5.41, 5.74) is 3.18. The number of hydrogen-bond acceptors (Lipinski definition) is 5. The molecule has 0 amide bonds. The summed E-state index contributed by atoms with van der Waals surface area (Å²) in [6.07, 6.45) is 1.76. The van der Waals surface area contributed by atoms with E-state index in [0.29, 0.717) is 27.5 Å². The molecule has 0 saturated carbocycles. The van der Waals surface area contributed by atoms with Crippen molar-refractivity contribution < 1.29 is 0 Å². The Labute approximate surface area is 166 Å². The smallest absolute Gasteiger partial charge is 0.229 e. The highest BCUT2D eigenvalue weighted by molar-refractivity contribution is 6.35. The second-order valence-electron chi connectivity index (χ2n) is 5.97. The number of para-hydroxylation sites is 1. The van der Waals surface area contributed by atoms with E-state index in [2.05, 4.69) is 25.6 Å². The van der Waals surface area contributed by atoms with E-state index in [4.69, 9.17) is 23.2 Å². The summed E-state index contributed by atoms with van der Waals surface area (Å²) in [6, 6.07) is 16.9. The zero-order valence-electron chi connectivity index (χ0n) is 14.4. The maximum absolute atomic E-state index is 6.23. The molecular weight excluding hydrogens is 381 g/mol. The zero-order valence-corrected chi connectivity index (χ0v) is 15.9. The predicted octanol–water partition coefficient (Wildman–Crippen LogP) is 6.13. The molecule has 7 heteroatoms. The van der Waals surface area contributed by atoms with Crippen LogP contribution in [0.5, 0.6) is 0 Å². The molecule has 0 bridgehead atoms. The number of rotatable bonds is 4. The van der Waals surface area contributed by atoms with Crippen LogP contribution in [0.2, 0.25) is 10.0 Å². The van der Waals surface area contributed by atoms with Crippen molar-refractivity contribution in [3.63, 3.8) is 0 Å². The number of nitrogens with zero attached hydrogens (tertiary/aromatic N) is 3. The summed E-state index contributed by atoms with van der Waals surface area (Å²) < 4.78 is 0. The van der Waals surface area contributed by atoms with E-state index in [1.165, 1.54) is 0 Å². The lowest BCUT2D eigenvalue weighted by atomic mass is 10.2. The lowest BCUT2D eigenvalue weighted by molar-refractivity contribution is 1.11. The van der Waals surface area contributed by atoms with Crippen molar-refractivity contribution in [1.82, 2.24) is 15.0 Å². The molecule has 0 aliphatic rings. The van der Waals surface area contributed by atoms with Crippen LogP contribution < -0.4 is 10.6 Å². The van der Waals surface area contributed by atoms with Crippen LogP contribution >= 0.6 is 23.2 Å². The van der Waals surface area contributed by atoms with Gasteiger partial charge in [0.15, 0.2) is 0 Å². The molecule has 0 unspecified atom stereocenters. The molecule has 2 N–H and O–H groups in total. The van der Waals surface area contributed by atoms with Crippen LogP contribution in [-0.4, -0.2) is 15.0 Å². The maximum Gasteiger partial charge on any atom is 0.229 e. The predicted molar refractivity (Wildman–Crippen MR) is 112 cm³/mol. The Hall–Kier alpha value is -2.89. The van der Waals surface area contributed by atoms with Crippen molar-refractivity contribution >= 4 is 57.2 Å². The number of hydrogen-bond donors (Lipinski definition) is 2. The minimum absolute atomic E-state index is 0.466. The van der Waals surface area contributed by atoms with Crippen LogP contribution in [-0.2, 0) is 0 Å². The second-order valence-corrected chi connectivity index (χ2v) is 6.82. The summed E-state index contributed by atoms with van der Waals surface area (Å²) in [5, 5.41) is 8.64. The van der Waals surface area contributed by atoms with Crippen LogP contribution in [0.3, 0.4) is 0 Å². The Kier molecular flexibility index (Phi) is 4.79. The third kappa shape index (κ3) is 3.94. The molecule has 2 heterocycles. The highest BCUT2D eigenvalue weighted by Crippen LogP contribution is 2.29. The van der Waals surface area contributed by atoms with Crippen LogP contribution in [0, 0.1) is 6.92 Å². The lowest BCUT2D eigenvalue weighted by Gasteiger charge is -2.12. The number of fused-ring (bicyclic) bond motifs is 1. The fraction of sp³-hybridized carbons (Fsp3) is 0.0500. The lowest BCUT2D eigenvalue weighted by Crippen LogP contribution is -2.03. The van der Waals surface area contributed by atoms with Crippen molar-refractivity contribution in [3.05, 3.63) is 76.5 Å². The van der Waals surface area contributed by atoms with Gasteiger partial charge in [-0.2, -0.15) is 4.98 Å².